The molecule has 2 heterocycles. The minimum atomic E-state index is 0.185. The van der Waals surface area contributed by atoms with Gasteiger partial charge >= 0.3 is 0 Å². The Kier molecular flexibility index (Phi) is 4.44. The summed E-state index contributed by atoms with van der Waals surface area (Å²) in [6.07, 6.45) is 6.30. The zero-order valence-corrected chi connectivity index (χ0v) is 14.0. The molecule has 0 atom stereocenters. The molecule has 0 spiro atoms. The first kappa shape index (κ1) is 15.4. The Morgan fingerprint density at radius 3 is 2.73 bits per heavy atom. The Balaban J connectivity index is 1.86. The number of benzene rings is 1. The zero-order chi connectivity index (χ0) is 15.7. The van der Waals surface area contributed by atoms with Crippen LogP contribution in [0, 0.1) is 0 Å². The highest BCUT2D eigenvalue weighted by molar-refractivity contribution is 6.32. The molecular weight excluding hydrogens is 296 g/mol. The highest BCUT2D eigenvalue weighted by Gasteiger charge is 2.24. The quantitative estimate of drug-likeness (QED) is 0.888. The van der Waals surface area contributed by atoms with Crippen LogP contribution >= 0.6 is 11.6 Å². The molecule has 1 aromatic heterocycles. The van der Waals surface area contributed by atoms with Crippen LogP contribution in [0.1, 0.15) is 50.2 Å². The van der Waals surface area contributed by atoms with E-state index in [4.69, 9.17) is 11.6 Å². The van der Waals surface area contributed by atoms with E-state index in [1.165, 1.54) is 22.0 Å². The van der Waals surface area contributed by atoms with Crippen LogP contribution in [-0.2, 0) is 11.2 Å². The summed E-state index contributed by atoms with van der Waals surface area (Å²) in [6.45, 7) is 5.53. The van der Waals surface area contributed by atoms with Crippen molar-refractivity contribution in [2.45, 2.75) is 45.4 Å². The Morgan fingerprint density at radius 1 is 1.36 bits per heavy atom. The number of hydrogen-bond donors (Lipinski definition) is 1. The van der Waals surface area contributed by atoms with Crippen LogP contribution in [0.4, 0.5) is 0 Å². The number of halogens is 1. The number of H-pyrrole nitrogens is 1. The number of fused-ring (bicyclic) bond motifs is 1. The third-order valence-corrected chi connectivity index (χ3v) is 5.13. The number of carbonyl (C=O) groups excluding carboxylic acids is 1. The number of carbonyl (C=O) groups is 1. The monoisotopic (exact) mass is 318 g/mol. The van der Waals surface area contributed by atoms with Crippen molar-refractivity contribution < 1.29 is 4.79 Å². The molecule has 4 heteroatoms. The topological polar surface area (TPSA) is 36.1 Å². The largest absolute Gasteiger partial charge is 0.361 e. The second-order valence-corrected chi connectivity index (χ2v) is 6.67. The van der Waals surface area contributed by atoms with E-state index in [0.717, 1.165) is 43.8 Å². The lowest BCUT2D eigenvalue weighted by molar-refractivity contribution is -0.129. The highest BCUT2D eigenvalue weighted by Crippen LogP contribution is 2.35. The molecule has 1 saturated heterocycles. The van der Waals surface area contributed by atoms with Gasteiger partial charge in [0.1, 0.15) is 0 Å². The number of hydrogen-bond acceptors (Lipinski definition) is 1. The van der Waals surface area contributed by atoms with Crippen LogP contribution in [0.3, 0.4) is 0 Å². The van der Waals surface area contributed by atoms with Crippen LogP contribution < -0.4 is 0 Å². The minimum Gasteiger partial charge on any atom is -0.361 e. The van der Waals surface area contributed by atoms with Gasteiger partial charge in [0.2, 0.25) is 5.91 Å². The SMILES string of the molecule is CCCc1cc2[nH]cc(C3CCN(C(C)=O)CC3)c2cc1Cl. The Hall–Kier alpha value is -1.48. The summed E-state index contributed by atoms with van der Waals surface area (Å²) >= 11 is 6.45. The summed E-state index contributed by atoms with van der Waals surface area (Å²) in [5.74, 6) is 0.696. The number of piperidine rings is 1. The van der Waals surface area contributed by atoms with Crippen LogP contribution in [-0.4, -0.2) is 28.9 Å². The molecule has 0 saturated carbocycles. The number of rotatable bonds is 3. The van der Waals surface area contributed by atoms with Gasteiger partial charge in [-0.1, -0.05) is 24.9 Å². The van der Waals surface area contributed by atoms with Crippen molar-refractivity contribution in [1.82, 2.24) is 9.88 Å². The molecule has 1 aromatic carbocycles. The molecule has 3 rings (SSSR count). The number of nitrogens with zero attached hydrogens (tertiary/aromatic N) is 1. The van der Waals surface area contributed by atoms with Crippen LogP contribution in [0.25, 0.3) is 10.9 Å². The maximum atomic E-state index is 11.5. The number of aromatic amines is 1. The molecule has 1 fully saturated rings. The minimum absolute atomic E-state index is 0.185. The molecule has 1 amide bonds. The van der Waals surface area contributed by atoms with Crippen molar-refractivity contribution in [3.63, 3.8) is 0 Å². The van der Waals surface area contributed by atoms with Crippen LogP contribution in [0.15, 0.2) is 18.3 Å². The maximum absolute atomic E-state index is 11.5. The third-order valence-electron chi connectivity index (χ3n) is 4.78. The van der Waals surface area contributed by atoms with E-state index in [1.807, 2.05) is 4.90 Å². The summed E-state index contributed by atoms with van der Waals surface area (Å²) in [5.41, 5.74) is 3.75. The van der Waals surface area contributed by atoms with Gasteiger partial charge in [0.15, 0.2) is 0 Å². The molecule has 0 radical (unpaired) electrons. The van der Waals surface area contributed by atoms with Gasteiger partial charge in [-0.05, 0) is 48.4 Å². The molecule has 2 aromatic rings. The van der Waals surface area contributed by atoms with Crippen molar-refractivity contribution in [2.75, 3.05) is 13.1 Å². The average molecular weight is 319 g/mol. The van der Waals surface area contributed by atoms with Gasteiger partial charge in [-0.25, -0.2) is 0 Å². The number of aryl methyl sites for hydroxylation is 1. The highest BCUT2D eigenvalue weighted by atomic mass is 35.5. The molecule has 0 aliphatic carbocycles. The van der Waals surface area contributed by atoms with Gasteiger partial charge < -0.3 is 9.88 Å². The lowest BCUT2D eigenvalue weighted by Crippen LogP contribution is -2.36. The van der Waals surface area contributed by atoms with E-state index in [-0.39, 0.29) is 5.91 Å². The molecular formula is C18H23ClN2O. The van der Waals surface area contributed by atoms with Crippen LogP contribution in [0.5, 0.6) is 0 Å². The lowest BCUT2D eigenvalue weighted by atomic mass is 9.89. The molecule has 1 aliphatic heterocycles. The molecule has 22 heavy (non-hydrogen) atoms. The third kappa shape index (κ3) is 2.87. The van der Waals surface area contributed by atoms with Gasteiger partial charge in [0, 0.05) is 42.1 Å². The van der Waals surface area contributed by atoms with Crippen LogP contribution in [0.2, 0.25) is 5.02 Å². The average Bonchev–Trinajstić information content (AvgIpc) is 2.90. The first-order valence-corrected chi connectivity index (χ1v) is 8.53. The first-order chi connectivity index (χ1) is 10.6. The molecule has 118 valence electrons. The first-order valence-electron chi connectivity index (χ1n) is 8.15. The van der Waals surface area contributed by atoms with Crippen molar-refractivity contribution >= 4 is 28.4 Å². The second-order valence-electron chi connectivity index (χ2n) is 6.26. The summed E-state index contributed by atoms with van der Waals surface area (Å²) < 4.78 is 0. The fourth-order valence-electron chi connectivity index (χ4n) is 3.51. The van der Waals surface area contributed by atoms with Crippen molar-refractivity contribution in [3.05, 3.63) is 34.5 Å². The van der Waals surface area contributed by atoms with Crippen molar-refractivity contribution in [1.29, 1.82) is 0 Å². The molecule has 0 bridgehead atoms. The van der Waals surface area contributed by atoms with E-state index in [1.54, 1.807) is 6.92 Å². The number of likely N-dealkylation sites (tertiary alicyclic amines) is 1. The van der Waals surface area contributed by atoms with E-state index in [9.17, 15) is 4.79 Å². The molecule has 0 unspecified atom stereocenters. The fourth-order valence-corrected chi connectivity index (χ4v) is 3.77. The van der Waals surface area contributed by atoms with E-state index >= 15 is 0 Å². The van der Waals surface area contributed by atoms with Gasteiger partial charge in [0.05, 0.1) is 0 Å². The standard InChI is InChI=1S/C18H23ClN2O/c1-3-4-14-9-18-15(10-17(14)19)16(11-20-18)13-5-7-21(8-6-13)12(2)22/h9-11,13,20H,3-8H2,1-2H3. The van der Waals surface area contributed by atoms with Crippen molar-refractivity contribution in [3.8, 4) is 0 Å². The Morgan fingerprint density at radius 2 is 2.09 bits per heavy atom. The smallest absolute Gasteiger partial charge is 0.219 e. The van der Waals surface area contributed by atoms with E-state index in [2.05, 4.69) is 30.2 Å². The second kappa shape index (κ2) is 6.33. The van der Waals surface area contributed by atoms with Gasteiger partial charge in [-0.15, -0.1) is 0 Å². The fraction of sp³-hybridized carbons (Fsp3) is 0.500. The molecule has 3 nitrogen and oxygen atoms in total. The number of nitrogens with one attached hydrogen (secondary N) is 1. The normalized spacial score (nSPS) is 16.4. The molecule has 1 N–H and O–H groups in total. The summed E-state index contributed by atoms with van der Waals surface area (Å²) in [4.78, 5) is 16.8. The van der Waals surface area contributed by atoms with Gasteiger partial charge in [-0.2, -0.15) is 0 Å². The predicted octanol–water partition coefficient (Wildman–Crippen LogP) is 4.50. The van der Waals surface area contributed by atoms with E-state index in [0.29, 0.717) is 5.92 Å². The summed E-state index contributed by atoms with van der Waals surface area (Å²) in [5, 5.41) is 2.11. The predicted molar refractivity (Wildman–Crippen MR) is 91.5 cm³/mol. The zero-order valence-electron chi connectivity index (χ0n) is 13.3. The van der Waals surface area contributed by atoms with E-state index < -0.39 is 0 Å². The number of aromatic nitrogens is 1. The Bertz CT molecular complexity index is 684. The van der Waals surface area contributed by atoms with Gasteiger partial charge in [-0.3, -0.25) is 4.79 Å². The lowest BCUT2D eigenvalue weighted by Gasteiger charge is -2.31. The summed E-state index contributed by atoms with van der Waals surface area (Å²) in [7, 11) is 0. The van der Waals surface area contributed by atoms with Crippen molar-refractivity contribution in [2.24, 2.45) is 0 Å². The summed E-state index contributed by atoms with van der Waals surface area (Å²) in [6, 6.07) is 4.31. The maximum Gasteiger partial charge on any atom is 0.219 e. The number of amides is 1. The Labute approximate surface area is 136 Å². The van der Waals surface area contributed by atoms with Gasteiger partial charge in [0.25, 0.3) is 0 Å². The molecule has 1 aliphatic rings.